The number of hydrogen-bond donors (Lipinski definition) is 5. The van der Waals surface area contributed by atoms with Gasteiger partial charge in [-0.25, -0.2) is 12.8 Å². The van der Waals surface area contributed by atoms with Crippen molar-refractivity contribution in [2.24, 2.45) is 5.41 Å². The molecule has 7 rings (SSSR count). The van der Waals surface area contributed by atoms with Crippen molar-refractivity contribution in [1.82, 2.24) is 36.0 Å². The van der Waals surface area contributed by atoms with Crippen molar-refractivity contribution in [3.05, 3.63) is 83.8 Å². The smallest absolute Gasteiger partial charge is 0.246 e. The first-order valence-electron chi connectivity index (χ1n) is 25.0. The zero-order valence-electron chi connectivity index (χ0n) is 43.1. The van der Waals surface area contributed by atoms with E-state index < -0.39 is 50.0 Å². The molecule has 0 unspecified atom stereocenters. The summed E-state index contributed by atoms with van der Waals surface area (Å²) in [5.41, 5.74) is 3.30. The SMILES string of the molecule is CN[C@@H](C)C(=O)N[C@H](C(=O)N1C[C@@H](OCCOCCOCCOCCOc2cc3nccc(Nc4n[nH]c5ccc(F)cc45)c3cc2S(=O)(=O)C(C)(C)C)C[C@H]1C(=O)N[C@H]1CCCc2ccccc21)C(C)(C)C. The molecule has 3 aromatic carbocycles. The number of hydrogen-bond acceptors (Lipinski definition) is 14. The summed E-state index contributed by atoms with van der Waals surface area (Å²) in [4.78, 5) is 47.6. The van der Waals surface area contributed by atoms with E-state index in [0.717, 1.165) is 24.8 Å². The molecule has 5 atom stereocenters. The number of anilines is 2. The fourth-order valence-corrected chi connectivity index (χ4v) is 10.3. The van der Waals surface area contributed by atoms with Gasteiger partial charge < -0.3 is 49.9 Å². The number of carbonyl (C=O) groups excluding carboxylic acids is 3. The summed E-state index contributed by atoms with van der Waals surface area (Å²) >= 11 is 0. The van der Waals surface area contributed by atoms with Gasteiger partial charge in [-0.3, -0.25) is 24.5 Å². The highest BCUT2D eigenvalue weighted by molar-refractivity contribution is 7.92. The zero-order chi connectivity index (χ0) is 52.5. The van der Waals surface area contributed by atoms with E-state index >= 15 is 0 Å². The maximum Gasteiger partial charge on any atom is 0.246 e. The molecule has 1 aliphatic carbocycles. The fraction of sp³-hybridized carbons (Fsp3) is 0.528. The molecule has 0 bridgehead atoms. The maximum atomic E-state index is 14.4. The lowest BCUT2D eigenvalue weighted by atomic mass is 9.85. The van der Waals surface area contributed by atoms with Gasteiger partial charge in [0.15, 0.2) is 15.7 Å². The number of aryl methyl sites for hydroxylation is 1. The molecule has 1 aliphatic heterocycles. The van der Waals surface area contributed by atoms with E-state index in [0.29, 0.717) is 52.9 Å². The van der Waals surface area contributed by atoms with Crippen LogP contribution in [0.3, 0.4) is 0 Å². The number of nitrogens with zero attached hydrogens (tertiary/aromatic N) is 3. The molecule has 2 aliphatic rings. The number of carbonyl (C=O) groups is 3. The molecule has 2 aromatic heterocycles. The number of nitrogens with one attached hydrogen (secondary N) is 5. The number of rotatable bonds is 23. The number of benzene rings is 3. The van der Waals surface area contributed by atoms with Gasteiger partial charge in [-0.1, -0.05) is 45.0 Å². The summed E-state index contributed by atoms with van der Waals surface area (Å²) in [7, 11) is -2.22. The third-order valence-electron chi connectivity index (χ3n) is 13.3. The van der Waals surface area contributed by atoms with Gasteiger partial charge in [-0.05, 0) is 101 Å². The number of aromatic nitrogens is 3. The van der Waals surface area contributed by atoms with Gasteiger partial charge in [0.1, 0.15) is 35.2 Å². The number of sulfone groups is 1. The Morgan fingerprint density at radius 3 is 2.29 bits per heavy atom. The Morgan fingerprint density at radius 2 is 1.59 bits per heavy atom. The number of halogens is 1. The van der Waals surface area contributed by atoms with Gasteiger partial charge in [0.2, 0.25) is 17.7 Å². The summed E-state index contributed by atoms with van der Waals surface area (Å²) in [6, 6.07) is 14.9. The van der Waals surface area contributed by atoms with Gasteiger partial charge in [0, 0.05) is 36.0 Å². The minimum Gasteiger partial charge on any atom is -0.490 e. The molecular weight excluding hydrogens is 960 g/mol. The average molecular weight is 1030 g/mol. The predicted molar refractivity (Wildman–Crippen MR) is 276 cm³/mol. The summed E-state index contributed by atoms with van der Waals surface area (Å²) in [5, 5.41) is 20.5. The third kappa shape index (κ3) is 13.5. The number of amides is 3. The fourth-order valence-electron chi connectivity index (χ4n) is 8.95. The van der Waals surface area contributed by atoms with E-state index in [1.807, 2.05) is 39.0 Å². The standard InChI is InChI=1S/C53H71FN8O10S/c1-33(55-8)49(63)59-47(52(2,3)4)51(65)62-32-36(29-44(62)50(64)58-40-15-11-13-34-12-9-10-14-37(34)40)71-26-24-69-22-20-68-21-23-70-25-27-72-45-31-43-38(30-46(45)73(66,67)53(5,6)7)41(18-19-56-43)57-48-39-28-35(54)16-17-42(39)60-61-48/h9-10,12,14,16-19,28,30-31,33,36,40,44,47,55H,11,13,15,20-27,29,32H2,1-8H3,(H,58,64)(H,59,63)(H2,56,57,60,61)/t33-,36-,40-,44-,47+/m0/s1. The summed E-state index contributed by atoms with van der Waals surface area (Å²) in [6.45, 7) is 14.3. The van der Waals surface area contributed by atoms with Crippen molar-refractivity contribution in [1.29, 1.82) is 0 Å². The normalized spacial score (nSPS) is 18.1. The Morgan fingerprint density at radius 1 is 0.890 bits per heavy atom. The van der Waals surface area contributed by atoms with Crippen LogP contribution in [-0.4, -0.2) is 142 Å². The molecule has 0 spiro atoms. The summed E-state index contributed by atoms with van der Waals surface area (Å²) < 4.78 is 70.2. The van der Waals surface area contributed by atoms with E-state index in [2.05, 4.69) is 42.5 Å². The van der Waals surface area contributed by atoms with Crippen molar-refractivity contribution >= 4 is 60.9 Å². The van der Waals surface area contributed by atoms with Crippen LogP contribution in [0.25, 0.3) is 21.8 Å². The number of fused-ring (bicyclic) bond motifs is 3. The van der Waals surface area contributed by atoms with Crippen LogP contribution in [0, 0.1) is 11.2 Å². The van der Waals surface area contributed by atoms with E-state index in [1.54, 1.807) is 64.0 Å². The number of likely N-dealkylation sites (tertiary alicyclic amines) is 1. The quantitative estimate of drug-likeness (QED) is 0.0453. The van der Waals surface area contributed by atoms with Crippen molar-refractivity contribution in [3.63, 3.8) is 0 Å². The molecule has 5 N–H and O–H groups in total. The lowest BCUT2D eigenvalue weighted by Gasteiger charge is -2.36. The van der Waals surface area contributed by atoms with Crippen molar-refractivity contribution in [3.8, 4) is 5.75 Å². The van der Waals surface area contributed by atoms with Gasteiger partial charge >= 0.3 is 0 Å². The van der Waals surface area contributed by atoms with E-state index in [4.69, 9.17) is 23.7 Å². The molecule has 0 saturated carbocycles. The minimum atomic E-state index is -3.90. The maximum absolute atomic E-state index is 14.4. The van der Waals surface area contributed by atoms with E-state index in [1.165, 1.54) is 23.8 Å². The molecular formula is C53H71FN8O10S. The number of ether oxygens (including phenoxy) is 5. The molecule has 396 valence electrons. The van der Waals surface area contributed by atoms with Crippen LogP contribution < -0.4 is 26.0 Å². The molecule has 5 aromatic rings. The summed E-state index contributed by atoms with van der Waals surface area (Å²) in [6.07, 6.45) is 4.14. The van der Waals surface area contributed by atoms with E-state index in [-0.39, 0.29) is 80.6 Å². The molecule has 18 nitrogen and oxygen atoms in total. The predicted octanol–water partition coefficient (Wildman–Crippen LogP) is 6.31. The molecule has 1 fully saturated rings. The minimum absolute atomic E-state index is 0.00435. The summed E-state index contributed by atoms with van der Waals surface area (Å²) in [5.74, 6) is -0.797. The zero-order valence-corrected chi connectivity index (χ0v) is 44.0. The highest BCUT2D eigenvalue weighted by atomic mass is 32.2. The van der Waals surface area contributed by atoms with Gasteiger partial charge in [-0.2, -0.15) is 5.10 Å². The topological polar surface area (TPSA) is 224 Å². The second-order valence-corrected chi connectivity index (χ2v) is 23.2. The molecule has 20 heteroatoms. The van der Waals surface area contributed by atoms with Crippen LogP contribution in [0.5, 0.6) is 5.75 Å². The highest BCUT2D eigenvalue weighted by Crippen LogP contribution is 2.38. The first kappa shape index (κ1) is 55.0. The first-order valence-corrected chi connectivity index (χ1v) is 26.5. The molecule has 3 amide bonds. The number of aromatic amines is 1. The van der Waals surface area contributed by atoms with Crippen LogP contribution in [0.1, 0.15) is 84.9 Å². The Bertz CT molecular complexity index is 2830. The highest BCUT2D eigenvalue weighted by Gasteiger charge is 2.46. The van der Waals surface area contributed by atoms with Crippen LogP contribution in [0.15, 0.2) is 71.8 Å². The largest absolute Gasteiger partial charge is 0.490 e. The van der Waals surface area contributed by atoms with Crippen molar-refractivity contribution in [2.45, 2.75) is 114 Å². The van der Waals surface area contributed by atoms with Gasteiger partial charge in [0.05, 0.1) is 85.9 Å². The van der Waals surface area contributed by atoms with Gasteiger partial charge in [-0.15, -0.1) is 0 Å². The third-order valence-corrected chi connectivity index (χ3v) is 15.8. The number of H-pyrrole nitrogens is 1. The van der Waals surface area contributed by atoms with Crippen LogP contribution in [0.4, 0.5) is 15.9 Å². The Hall–Kier alpha value is -5.77. The first-order chi connectivity index (χ1) is 34.8. The molecule has 1 saturated heterocycles. The van der Waals surface area contributed by atoms with E-state index in [9.17, 15) is 27.2 Å². The average Bonchev–Trinajstić information content (AvgIpc) is 3.97. The molecule has 3 heterocycles. The second-order valence-electron chi connectivity index (χ2n) is 20.6. The monoisotopic (exact) mass is 1030 g/mol. The number of pyridine rings is 1. The lowest BCUT2D eigenvalue weighted by Crippen LogP contribution is -2.59. The number of likely N-dealkylation sites (N-methyl/N-ethyl adjacent to an activating group) is 1. The Kier molecular flexibility index (Phi) is 18.1. The lowest BCUT2D eigenvalue weighted by molar-refractivity contribution is -0.144. The van der Waals surface area contributed by atoms with Crippen LogP contribution in [0.2, 0.25) is 0 Å². The van der Waals surface area contributed by atoms with Crippen LogP contribution >= 0.6 is 0 Å². The van der Waals surface area contributed by atoms with Crippen molar-refractivity contribution < 1.29 is 50.9 Å². The van der Waals surface area contributed by atoms with Crippen molar-refractivity contribution in [2.75, 3.05) is 71.8 Å². The van der Waals surface area contributed by atoms with Crippen LogP contribution in [-0.2, 0) is 49.6 Å². The Labute approximate surface area is 427 Å². The second kappa shape index (κ2) is 24.1. The van der Waals surface area contributed by atoms with Gasteiger partial charge in [0.25, 0.3) is 0 Å². The molecule has 0 radical (unpaired) electrons. The molecule has 73 heavy (non-hydrogen) atoms. The Balaban J connectivity index is 0.859.